The van der Waals surface area contributed by atoms with Crippen LogP contribution >= 0.6 is 0 Å². The standard InChI is InChI=1S/C29H46N2O/c1-19(2)9-8-10-20(3)22-11-12-23-26(22)21(17-30)18-31-28(23,6)15-13-24-27(4,5)25(32)14-16-29(24,31)7/h9,21-26,32H,3,8,10-16,18H2,1-2,4-7H3. The summed E-state index contributed by atoms with van der Waals surface area (Å²) < 4.78 is 0. The lowest BCUT2D eigenvalue weighted by atomic mass is 9.50. The van der Waals surface area contributed by atoms with Gasteiger partial charge in [0.05, 0.1) is 18.1 Å². The number of piperidine rings is 2. The molecule has 4 rings (SSSR count). The average molecular weight is 439 g/mol. The number of nitrogens with zero attached hydrogens (tertiary/aromatic N) is 2. The molecular formula is C29H46N2O. The smallest absolute Gasteiger partial charge is 0.0672 e. The molecule has 0 aromatic rings. The molecule has 2 heterocycles. The molecular weight excluding hydrogens is 392 g/mol. The van der Waals surface area contributed by atoms with E-state index in [9.17, 15) is 10.4 Å². The molecule has 2 aliphatic heterocycles. The van der Waals surface area contributed by atoms with Crippen molar-refractivity contribution < 1.29 is 5.11 Å². The highest BCUT2D eigenvalue weighted by Crippen LogP contribution is 2.63. The van der Waals surface area contributed by atoms with Crippen LogP contribution in [-0.2, 0) is 0 Å². The third-order valence-corrected chi connectivity index (χ3v) is 10.7. The number of aliphatic hydroxyl groups excluding tert-OH is 1. The van der Waals surface area contributed by atoms with Gasteiger partial charge in [0.25, 0.3) is 0 Å². The minimum atomic E-state index is -0.214. The predicted molar refractivity (Wildman–Crippen MR) is 132 cm³/mol. The Morgan fingerprint density at radius 1 is 1.09 bits per heavy atom. The third-order valence-electron chi connectivity index (χ3n) is 10.7. The SMILES string of the molecule is C=C(CCC=C(C)C)C1CCC2C1C(C#N)CN1C2(C)CCC2C(C)(C)C(O)CCC21C. The normalized spacial score (nSPS) is 45.2. The molecule has 3 nitrogen and oxygen atoms in total. The molecule has 0 amide bonds. The topological polar surface area (TPSA) is 47.3 Å². The summed E-state index contributed by atoms with van der Waals surface area (Å²) in [7, 11) is 0. The summed E-state index contributed by atoms with van der Waals surface area (Å²) in [5.41, 5.74) is 2.94. The first-order valence-corrected chi connectivity index (χ1v) is 13.1. The number of hydrogen-bond donors (Lipinski definition) is 1. The van der Waals surface area contributed by atoms with Crippen LogP contribution in [0.4, 0.5) is 0 Å². The molecule has 0 spiro atoms. The maximum absolute atomic E-state index is 10.8. The summed E-state index contributed by atoms with van der Waals surface area (Å²) in [6.45, 7) is 19.3. The predicted octanol–water partition coefficient (Wildman–Crippen LogP) is 6.50. The van der Waals surface area contributed by atoms with E-state index in [1.807, 2.05) is 0 Å². The summed E-state index contributed by atoms with van der Waals surface area (Å²) in [5.74, 6) is 2.12. The lowest BCUT2D eigenvalue weighted by Crippen LogP contribution is -2.74. The molecule has 1 N–H and O–H groups in total. The van der Waals surface area contributed by atoms with Crippen LogP contribution in [0.15, 0.2) is 23.8 Å². The van der Waals surface area contributed by atoms with E-state index in [1.165, 1.54) is 36.8 Å². The molecule has 0 radical (unpaired) electrons. The zero-order chi connectivity index (χ0) is 23.5. The molecule has 8 unspecified atom stereocenters. The second-order valence-corrected chi connectivity index (χ2v) is 12.9. The first-order valence-electron chi connectivity index (χ1n) is 13.1. The van der Waals surface area contributed by atoms with Crippen molar-refractivity contribution in [3.05, 3.63) is 23.8 Å². The van der Waals surface area contributed by atoms with Crippen LogP contribution in [0.1, 0.15) is 92.9 Å². The monoisotopic (exact) mass is 438 g/mol. The quantitative estimate of drug-likeness (QED) is 0.510. The van der Waals surface area contributed by atoms with Crippen LogP contribution in [0.25, 0.3) is 0 Å². The summed E-state index contributed by atoms with van der Waals surface area (Å²) in [4.78, 5) is 2.80. The fraction of sp³-hybridized carbons (Fsp3) is 0.828. The van der Waals surface area contributed by atoms with E-state index >= 15 is 0 Å². The molecule has 2 saturated carbocycles. The Balaban J connectivity index is 1.62. The summed E-state index contributed by atoms with van der Waals surface area (Å²) in [5, 5.41) is 21.1. The van der Waals surface area contributed by atoms with E-state index in [-0.39, 0.29) is 28.5 Å². The maximum atomic E-state index is 10.8. The van der Waals surface area contributed by atoms with Crippen molar-refractivity contribution in [2.75, 3.05) is 6.54 Å². The minimum Gasteiger partial charge on any atom is -0.393 e. The van der Waals surface area contributed by atoms with Gasteiger partial charge >= 0.3 is 0 Å². The Hall–Kier alpha value is -1.11. The molecule has 3 heteroatoms. The van der Waals surface area contributed by atoms with Crippen LogP contribution in [0, 0.1) is 46.3 Å². The maximum Gasteiger partial charge on any atom is 0.0672 e. The fourth-order valence-corrected chi connectivity index (χ4v) is 8.94. The van der Waals surface area contributed by atoms with Crippen molar-refractivity contribution in [2.24, 2.45) is 35.0 Å². The van der Waals surface area contributed by atoms with Crippen LogP contribution in [-0.4, -0.2) is 33.7 Å². The first kappa shape index (κ1) is 24.0. The molecule has 2 saturated heterocycles. The van der Waals surface area contributed by atoms with Crippen LogP contribution in [0.3, 0.4) is 0 Å². The molecule has 0 bridgehead atoms. The zero-order valence-electron chi connectivity index (χ0n) is 21.5. The third kappa shape index (κ3) is 3.52. The summed E-state index contributed by atoms with van der Waals surface area (Å²) in [6.07, 6.45) is 11.0. The molecule has 2 aliphatic carbocycles. The van der Waals surface area contributed by atoms with E-state index in [1.54, 1.807) is 0 Å². The summed E-state index contributed by atoms with van der Waals surface area (Å²) in [6, 6.07) is 2.78. The molecule has 0 aromatic carbocycles. The van der Waals surface area contributed by atoms with Crippen molar-refractivity contribution in [3.63, 3.8) is 0 Å². The molecule has 178 valence electrons. The zero-order valence-corrected chi connectivity index (χ0v) is 21.5. The molecule has 8 atom stereocenters. The minimum absolute atomic E-state index is 0.0647. The number of nitriles is 1. The molecule has 0 aromatic heterocycles. The summed E-state index contributed by atoms with van der Waals surface area (Å²) >= 11 is 0. The van der Waals surface area contributed by atoms with Gasteiger partial charge in [-0.15, -0.1) is 0 Å². The number of rotatable bonds is 4. The number of fused-ring (bicyclic) bond motifs is 5. The van der Waals surface area contributed by atoms with E-state index in [0.29, 0.717) is 23.7 Å². The van der Waals surface area contributed by atoms with Crippen molar-refractivity contribution in [1.29, 1.82) is 5.26 Å². The highest BCUT2D eigenvalue weighted by atomic mass is 16.3. The molecule has 32 heavy (non-hydrogen) atoms. The molecule has 4 aliphatic rings. The van der Waals surface area contributed by atoms with Crippen molar-refractivity contribution in [2.45, 2.75) is 110 Å². The second-order valence-electron chi connectivity index (χ2n) is 12.9. The number of allylic oxidation sites excluding steroid dienone is 3. The number of hydrogen-bond acceptors (Lipinski definition) is 3. The van der Waals surface area contributed by atoms with Gasteiger partial charge in [0.15, 0.2) is 0 Å². The lowest BCUT2D eigenvalue weighted by Gasteiger charge is -2.69. The fourth-order valence-electron chi connectivity index (χ4n) is 8.94. The van der Waals surface area contributed by atoms with Crippen LogP contribution in [0.2, 0.25) is 0 Å². The van der Waals surface area contributed by atoms with Crippen LogP contribution in [0.5, 0.6) is 0 Å². The van der Waals surface area contributed by atoms with Gasteiger partial charge in [-0.1, -0.05) is 37.6 Å². The average Bonchev–Trinajstić information content (AvgIpc) is 3.17. The highest BCUT2D eigenvalue weighted by Gasteiger charge is 2.65. The Morgan fingerprint density at radius 3 is 2.44 bits per heavy atom. The van der Waals surface area contributed by atoms with Gasteiger partial charge in [0, 0.05) is 17.6 Å². The van der Waals surface area contributed by atoms with Crippen molar-refractivity contribution in [3.8, 4) is 6.07 Å². The Kier molecular flexibility index (Phi) is 6.22. The second kappa shape index (κ2) is 8.28. The van der Waals surface area contributed by atoms with E-state index in [2.05, 4.69) is 65.2 Å². The van der Waals surface area contributed by atoms with Gasteiger partial charge in [-0.25, -0.2) is 0 Å². The van der Waals surface area contributed by atoms with Gasteiger partial charge in [-0.2, -0.15) is 5.26 Å². The van der Waals surface area contributed by atoms with Crippen LogP contribution < -0.4 is 0 Å². The van der Waals surface area contributed by atoms with Gasteiger partial charge in [-0.3, -0.25) is 4.90 Å². The highest BCUT2D eigenvalue weighted by molar-refractivity contribution is 5.22. The van der Waals surface area contributed by atoms with E-state index in [4.69, 9.17) is 0 Å². The number of aliphatic hydroxyl groups is 1. The van der Waals surface area contributed by atoms with E-state index in [0.717, 1.165) is 32.2 Å². The molecule has 4 fully saturated rings. The first-order chi connectivity index (χ1) is 15.0. The van der Waals surface area contributed by atoms with Gasteiger partial charge in [0.2, 0.25) is 0 Å². The Labute approximate surface area is 197 Å². The lowest BCUT2D eigenvalue weighted by molar-refractivity contribution is -0.208. The Morgan fingerprint density at radius 2 is 1.78 bits per heavy atom. The van der Waals surface area contributed by atoms with Gasteiger partial charge < -0.3 is 5.11 Å². The van der Waals surface area contributed by atoms with Gasteiger partial charge in [0.1, 0.15) is 0 Å². The largest absolute Gasteiger partial charge is 0.393 e. The van der Waals surface area contributed by atoms with Gasteiger partial charge in [-0.05, 0) is 108 Å². The van der Waals surface area contributed by atoms with Crippen molar-refractivity contribution in [1.82, 2.24) is 4.90 Å². The van der Waals surface area contributed by atoms with E-state index < -0.39 is 0 Å². The van der Waals surface area contributed by atoms with Crippen molar-refractivity contribution >= 4 is 0 Å². The Bertz CT molecular complexity index is 818.